The van der Waals surface area contributed by atoms with Crippen molar-refractivity contribution >= 4 is 12.2 Å². The Morgan fingerprint density at radius 2 is 2.00 bits per heavy atom. The van der Waals surface area contributed by atoms with Gasteiger partial charge in [-0.05, 0) is 38.0 Å². The van der Waals surface area contributed by atoms with Gasteiger partial charge in [0.1, 0.15) is 0 Å². The Bertz CT molecular complexity index is 353. The SMILES string of the molecule is CC(C)n1ccc2c1C=CCC=C2. The van der Waals surface area contributed by atoms with Crippen LogP contribution >= 0.6 is 0 Å². The molecule has 68 valence electrons. The highest BCUT2D eigenvalue weighted by molar-refractivity contribution is 5.65. The van der Waals surface area contributed by atoms with Gasteiger partial charge < -0.3 is 4.57 Å². The van der Waals surface area contributed by atoms with Crippen LogP contribution in [0.25, 0.3) is 12.2 Å². The molecule has 2 rings (SSSR count). The van der Waals surface area contributed by atoms with Crippen molar-refractivity contribution < 1.29 is 0 Å². The lowest BCUT2D eigenvalue weighted by atomic mass is 10.2. The molecule has 0 bridgehead atoms. The maximum absolute atomic E-state index is 2.31. The van der Waals surface area contributed by atoms with Gasteiger partial charge in [0, 0.05) is 17.9 Å². The molecule has 13 heavy (non-hydrogen) atoms. The molecule has 1 aromatic rings. The van der Waals surface area contributed by atoms with Crippen molar-refractivity contribution in [2.75, 3.05) is 0 Å². The maximum atomic E-state index is 2.31. The molecule has 1 heteroatoms. The second kappa shape index (κ2) is 3.25. The highest BCUT2D eigenvalue weighted by atomic mass is 15.0. The first-order chi connectivity index (χ1) is 6.29. The van der Waals surface area contributed by atoms with Crippen LogP contribution in [0.1, 0.15) is 37.6 Å². The van der Waals surface area contributed by atoms with Gasteiger partial charge in [0.2, 0.25) is 0 Å². The third kappa shape index (κ3) is 1.46. The first kappa shape index (κ1) is 8.36. The molecule has 1 heterocycles. The van der Waals surface area contributed by atoms with Crippen LogP contribution in [0.15, 0.2) is 24.4 Å². The normalized spacial score (nSPS) is 14.7. The highest BCUT2D eigenvalue weighted by Crippen LogP contribution is 2.21. The van der Waals surface area contributed by atoms with Crippen LogP contribution < -0.4 is 0 Å². The van der Waals surface area contributed by atoms with Crippen molar-refractivity contribution in [2.24, 2.45) is 0 Å². The summed E-state index contributed by atoms with van der Waals surface area (Å²) in [5.74, 6) is 0. The minimum atomic E-state index is 0.542. The fourth-order valence-corrected chi connectivity index (χ4v) is 1.70. The Labute approximate surface area is 79.4 Å². The molecule has 1 aliphatic rings. The van der Waals surface area contributed by atoms with Crippen molar-refractivity contribution in [3.63, 3.8) is 0 Å². The van der Waals surface area contributed by atoms with Crippen molar-refractivity contribution in [2.45, 2.75) is 26.3 Å². The van der Waals surface area contributed by atoms with E-state index in [1.165, 1.54) is 11.3 Å². The average Bonchev–Trinajstić information content (AvgIpc) is 2.36. The Morgan fingerprint density at radius 3 is 2.77 bits per heavy atom. The maximum Gasteiger partial charge on any atom is 0.0479 e. The van der Waals surface area contributed by atoms with Gasteiger partial charge in [0.15, 0.2) is 0 Å². The number of hydrogen-bond acceptors (Lipinski definition) is 0. The molecule has 0 saturated carbocycles. The number of rotatable bonds is 1. The fourth-order valence-electron chi connectivity index (χ4n) is 1.70. The van der Waals surface area contributed by atoms with E-state index in [1.807, 2.05) is 0 Å². The number of nitrogens with zero attached hydrogens (tertiary/aromatic N) is 1. The van der Waals surface area contributed by atoms with Crippen LogP contribution in [-0.2, 0) is 0 Å². The lowest BCUT2D eigenvalue weighted by molar-refractivity contribution is 0.599. The van der Waals surface area contributed by atoms with Crippen LogP contribution in [0.5, 0.6) is 0 Å². The monoisotopic (exact) mass is 173 g/mol. The van der Waals surface area contributed by atoms with E-state index in [1.54, 1.807) is 0 Å². The van der Waals surface area contributed by atoms with Gasteiger partial charge in [-0.25, -0.2) is 0 Å². The summed E-state index contributed by atoms with van der Waals surface area (Å²) in [5.41, 5.74) is 2.67. The summed E-state index contributed by atoms with van der Waals surface area (Å²) < 4.78 is 2.31. The zero-order valence-electron chi connectivity index (χ0n) is 8.20. The van der Waals surface area contributed by atoms with Gasteiger partial charge in [0.25, 0.3) is 0 Å². The van der Waals surface area contributed by atoms with Crippen LogP contribution in [0.2, 0.25) is 0 Å². The summed E-state index contributed by atoms with van der Waals surface area (Å²) in [6.07, 6.45) is 12.0. The smallest absolute Gasteiger partial charge is 0.0479 e. The average molecular weight is 173 g/mol. The van der Waals surface area contributed by atoms with Crippen LogP contribution in [0, 0.1) is 0 Å². The van der Waals surface area contributed by atoms with Gasteiger partial charge in [-0.1, -0.05) is 18.2 Å². The summed E-state index contributed by atoms with van der Waals surface area (Å²) in [6.45, 7) is 4.42. The van der Waals surface area contributed by atoms with E-state index in [-0.39, 0.29) is 0 Å². The van der Waals surface area contributed by atoms with E-state index in [0.717, 1.165) is 6.42 Å². The molecule has 1 nitrogen and oxygen atoms in total. The van der Waals surface area contributed by atoms with Crippen molar-refractivity contribution in [3.05, 3.63) is 35.7 Å². The summed E-state index contributed by atoms with van der Waals surface area (Å²) >= 11 is 0. The zero-order chi connectivity index (χ0) is 9.26. The van der Waals surface area contributed by atoms with E-state index in [2.05, 4.69) is 55.0 Å². The van der Waals surface area contributed by atoms with Gasteiger partial charge in [-0.15, -0.1) is 0 Å². The summed E-state index contributed by atoms with van der Waals surface area (Å²) in [6, 6.07) is 2.72. The van der Waals surface area contributed by atoms with Crippen molar-refractivity contribution in [1.29, 1.82) is 0 Å². The van der Waals surface area contributed by atoms with Crippen molar-refractivity contribution in [1.82, 2.24) is 4.57 Å². The topological polar surface area (TPSA) is 4.93 Å². The lowest BCUT2D eigenvalue weighted by Gasteiger charge is -2.10. The van der Waals surface area contributed by atoms with E-state index >= 15 is 0 Å². The minimum absolute atomic E-state index is 0.542. The molecule has 0 saturated heterocycles. The Kier molecular flexibility index (Phi) is 2.09. The van der Waals surface area contributed by atoms with Crippen LogP contribution in [0.3, 0.4) is 0 Å². The van der Waals surface area contributed by atoms with E-state index in [4.69, 9.17) is 0 Å². The Balaban J connectivity index is 2.52. The summed E-state index contributed by atoms with van der Waals surface area (Å²) in [7, 11) is 0. The van der Waals surface area contributed by atoms with Gasteiger partial charge in [-0.3, -0.25) is 0 Å². The molecule has 0 unspecified atom stereocenters. The second-order valence-electron chi connectivity index (χ2n) is 3.70. The zero-order valence-corrected chi connectivity index (χ0v) is 8.20. The highest BCUT2D eigenvalue weighted by Gasteiger charge is 2.07. The molecular weight excluding hydrogens is 158 g/mol. The number of aromatic nitrogens is 1. The molecule has 0 radical (unpaired) electrons. The van der Waals surface area contributed by atoms with E-state index in [9.17, 15) is 0 Å². The third-order valence-electron chi connectivity index (χ3n) is 2.39. The standard InChI is InChI=1S/C12H15N/c1-10(2)13-9-8-11-6-4-3-5-7-12(11)13/h4-10H,3H2,1-2H3. The number of hydrogen-bond donors (Lipinski definition) is 0. The summed E-state index contributed by atoms with van der Waals surface area (Å²) in [4.78, 5) is 0. The largest absolute Gasteiger partial charge is 0.345 e. The molecular formula is C12H15N. The molecule has 0 aromatic carbocycles. The van der Waals surface area contributed by atoms with Gasteiger partial charge >= 0.3 is 0 Å². The molecule has 0 N–H and O–H groups in total. The predicted octanol–water partition coefficient (Wildman–Crippen LogP) is 3.50. The molecule has 0 fully saturated rings. The third-order valence-corrected chi connectivity index (χ3v) is 2.39. The fraction of sp³-hybridized carbons (Fsp3) is 0.333. The predicted molar refractivity (Wildman–Crippen MR) is 57.5 cm³/mol. The molecule has 0 aliphatic heterocycles. The van der Waals surface area contributed by atoms with Crippen LogP contribution in [-0.4, -0.2) is 4.57 Å². The quantitative estimate of drug-likeness (QED) is 0.612. The molecule has 0 atom stereocenters. The second-order valence-corrected chi connectivity index (χ2v) is 3.70. The number of fused-ring (bicyclic) bond motifs is 1. The lowest BCUT2D eigenvalue weighted by Crippen LogP contribution is -2.01. The molecule has 0 spiro atoms. The van der Waals surface area contributed by atoms with Gasteiger partial charge in [-0.2, -0.15) is 0 Å². The number of allylic oxidation sites excluding steroid dienone is 2. The minimum Gasteiger partial charge on any atom is -0.345 e. The van der Waals surface area contributed by atoms with E-state index < -0.39 is 0 Å². The van der Waals surface area contributed by atoms with E-state index in [0.29, 0.717) is 6.04 Å². The van der Waals surface area contributed by atoms with Crippen molar-refractivity contribution in [3.8, 4) is 0 Å². The molecule has 1 aromatic heterocycles. The molecule has 0 amide bonds. The Morgan fingerprint density at radius 1 is 1.23 bits per heavy atom. The van der Waals surface area contributed by atoms with Gasteiger partial charge in [0.05, 0.1) is 0 Å². The first-order valence-corrected chi connectivity index (χ1v) is 4.83. The van der Waals surface area contributed by atoms with Crippen LogP contribution in [0.4, 0.5) is 0 Å². The molecule has 1 aliphatic carbocycles. The summed E-state index contributed by atoms with van der Waals surface area (Å²) in [5, 5.41) is 0. The Hall–Kier alpha value is -1.24. The first-order valence-electron chi connectivity index (χ1n) is 4.83.